The third-order valence-corrected chi connectivity index (χ3v) is 5.85. The molecule has 6 nitrogen and oxygen atoms in total. The van der Waals surface area contributed by atoms with E-state index in [0.717, 1.165) is 6.42 Å². The first-order valence-electron chi connectivity index (χ1n) is 9.15. The van der Waals surface area contributed by atoms with Gasteiger partial charge in [-0.3, -0.25) is 14.4 Å². The van der Waals surface area contributed by atoms with Gasteiger partial charge in [-0.25, -0.2) is 0 Å². The Kier molecular flexibility index (Phi) is 5.30. The third-order valence-electron chi connectivity index (χ3n) is 5.85. The summed E-state index contributed by atoms with van der Waals surface area (Å²) in [5, 5.41) is 9.38. The number of ketones is 1. The smallest absolute Gasteiger partial charge is 0.310 e. The van der Waals surface area contributed by atoms with Crippen LogP contribution in [0.5, 0.6) is 5.75 Å². The minimum Gasteiger partial charge on any atom is -0.497 e. The molecule has 2 fully saturated rings. The number of benzene rings is 1. The highest BCUT2D eigenvalue weighted by molar-refractivity contribution is 5.98. The SMILES string of the molecule is COc1ccc(C(=O)C2CCN(C(=O)CC3(C(=O)O)CCC3)CC2)cc1. The second-order valence-corrected chi connectivity index (χ2v) is 7.36. The summed E-state index contributed by atoms with van der Waals surface area (Å²) in [6.07, 6.45) is 3.37. The molecule has 1 saturated heterocycles. The minimum atomic E-state index is -0.860. The van der Waals surface area contributed by atoms with Gasteiger partial charge in [0, 0.05) is 31.0 Å². The van der Waals surface area contributed by atoms with Crippen molar-refractivity contribution in [3.05, 3.63) is 29.8 Å². The topological polar surface area (TPSA) is 83.9 Å². The molecule has 0 spiro atoms. The number of hydrogen-bond donors (Lipinski definition) is 1. The molecule has 0 atom stereocenters. The number of carbonyl (C=O) groups is 3. The highest BCUT2D eigenvalue weighted by Crippen LogP contribution is 2.44. The van der Waals surface area contributed by atoms with Gasteiger partial charge in [0.25, 0.3) is 0 Å². The molecule has 0 bridgehead atoms. The average molecular weight is 359 g/mol. The highest BCUT2D eigenvalue weighted by atomic mass is 16.5. The van der Waals surface area contributed by atoms with Crippen LogP contribution < -0.4 is 4.74 Å². The van der Waals surface area contributed by atoms with Crippen LogP contribution in [0.4, 0.5) is 0 Å². The zero-order valence-corrected chi connectivity index (χ0v) is 15.1. The van der Waals surface area contributed by atoms with Crippen LogP contribution in [-0.4, -0.2) is 47.9 Å². The van der Waals surface area contributed by atoms with Crippen LogP contribution in [-0.2, 0) is 9.59 Å². The Balaban J connectivity index is 1.54. The predicted molar refractivity (Wildman–Crippen MR) is 95.2 cm³/mol. The van der Waals surface area contributed by atoms with Crippen LogP contribution >= 0.6 is 0 Å². The molecule has 1 aliphatic carbocycles. The summed E-state index contributed by atoms with van der Waals surface area (Å²) in [4.78, 5) is 38.3. The molecule has 0 radical (unpaired) electrons. The van der Waals surface area contributed by atoms with Crippen molar-refractivity contribution in [2.24, 2.45) is 11.3 Å². The lowest BCUT2D eigenvalue weighted by Crippen LogP contribution is -2.46. The van der Waals surface area contributed by atoms with Gasteiger partial charge in [-0.2, -0.15) is 0 Å². The van der Waals surface area contributed by atoms with E-state index in [1.165, 1.54) is 0 Å². The number of carbonyl (C=O) groups excluding carboxylic acids is 2. The average Bonchev–Trinajstić information content (AvgIpc) is 2.63. The van der Waals surface area contributed by atoms with Crippen molar-refractivity contribution in [1.82, 2.24) is 4.90 Å². The Hall–Kier alpha value is -2.37. The fourth-order valence-electron chi connectivity index (χ4n) is 3.85. The first-order chi connectivity index (χ1) is 12.4. The zero-order valence-electron chi connectivity index (χ0n) is 15.1. The first kappa shape index (κ1) is 18.4. The van der Waals surface area contributed by atoms with Gasteiger partial charge < -0.3 is 14.7 Å². The van der Waals surface area contributed by atoms with Crippen LogP contribution in [0, 0.1) is 11.3 Å². The van der Waals surface area contributed by atoms with Crippen molar-refractivity contribution >= 4 is 17.7 Å². The van der Waals surface area contributed by atoms with E-state index in [1.807, 2.05) is 0 Å². The summed E-state index contributed by atoms with van der Waals surface area (Å²) < 4.78 is 5.11. The molecule has 26 heavy (non-hydrogen) atoms. The van der Waals surface area contributed by atoms with E-state index < -0.39 is 11.4 Å². The predicted octanol–water partition coefficient (Wildman–Crippen LogP) is 2.76. The largest absolute Gasteiger partial charge is 0.497 e. The monoisotopic (exact) mass is 359 g/mol. The summed E-state index contributed by atoms with van der Waals surface area (Å²) in [5.74, 6) is -0.236. The number of piperidine rings is 1. The van der Waals surface area contributed by atoms with Gasteiger partial charge in [0.1, 0.15) is 5.75 Å². The molecular formula is C20H25NO5. The lowest BCUT2D eigenvalue weighted by Gasteiger charge is -2.39. The number of ether oxygens (including phenoxy) is 1. The summed E-state index contributed by atoms with van der Waals surface area (Å²) in [5.41, 5.74) is -0.192. The second-order valence-electron chi connectivity index (χ2n) is 7.36. The lowest BCUT2D eigenvalue weighted by atomic mass is 9.66. The molecule has 1 saturated carbocycles. The van der Waals surface area contributed by atoms with Crippen LogP contribution in [0.25, 0.3) is 0 Å². The van der Waals surface area contributed by atoms with E-state index in [9.17, 15) is 19.5 Å². The lowest BCUT2D eigenvalue weighted by molar-refractivity contribution is -0.159. The standard InChI is InChI=1S/C20H25NO5/c1-26-16-5-3-14(4-6-16)18(23)15-7-11-21(12-8-15)17(22)13-20(19(24)25)9-2-10-20/h3-6,15H,2,7-13H2,1H3,(H,24,25). The van der Waals surface area contributed by atoms with Gasteiger partial charge in [0.15, 0.2) is 5.78 Å². The third kappa shape index (κ3) is 3.59. The van der Waals surface area contributed by atoms with Gasteiger partial charge in [-0.1, -0.05) is 6.42 Å². The minimum absolute atomic E-state index is 0.0828. The number of methoxy groups -OCH3 is 1. The quantitative estimate of drug-likeness (QED) is 0.790. The van der Waals surface area contributed by atoms with E-state index in [0.29, 0.717) is 50.1 Å². The zero-order chi connectivity index (χ0) is 18.7. The molecule has 6 heteroatoms. The first-order valence-corrected chi connectivity index (χ1v) is 9.15. The molecule has 1 aliphatic heterocycles. The van der Waals surface area contributed by atoms with Gasteiger partial charge in [0.05, 0.1) is 12.5 Å². The Labute approximate surface area is 153 Å². The number of rotatable bonds is 6. The van der Waals surface area contributed by atoms with Crippen molar-refractivity contribution in [2.75, 3.05) is 20.2 Å². The van der Waals surface area contributed by atoms with Crippen molar-refractivity contribution in [3.8, 4) is 5.75 Å². The van der Waals surface area contributed by atoms with E-state index in [2.05, 4.69) is 0 Å². The summed E-state index contributed by atoms with van der Waals surface area (Å²) in [6, 6.07) is 7.09. The fourth-order valence-corrected chi connectivity index (χ4v) is 3.85. The van der Waals surface area contributed by atoms with Gasteiger partial charge in [-0.05, 0) is 49.9 Å². The summed E-state index contributed by atoms with van der Waals surface area (Å²) in [7, 11) is 1.58. The summed E-state index contributed by atoms with van der Waals surface area (Å²) >= 11 is 0. The number of amides is 1. The highest BCUT2D eigenvalue weighted by Gasteiger charge is 2.46. The number of carboxylic acids is 1. The molecule has 2 aliphatic rings. The maximum atomic E-state index is 12.6. The summed E-state index contributed by atoms with van der Waals surface area (Å²) in [6.45, 7) is 1.03. The number of carboxylic acid groups (broad SMARTS) is 1. The maximum absolute atomic E-state index is 12.6. The number of likely N-dealkylation sites (tertiary alicyclic amines) is 1. The number of aliphatic carboxylic acids is 1. The Morgan fingerprint density at radius 3 is 2.23 bits per heavy atom. The Morgan fingerprint density at radius 1 is 1.15 bits per heavy atom. The molecule has 1 aromatic rings. The molecule has 1 amide bonds. The van der Waals surface area contributed by atoms with Crippen LogP contribution in [0.3, 0.4) is 0 Å². The van der Waals surface area contributed by atoms with Crippen molar-refractivity contribution in [3.63, 3.8) is 0 Å². The molecule has 0 unspecified atom stereocenters. The molecule has 1 N–H and O–H groups in total. The fraction of sp³-hybridized carbons (Fsp3) is 0.550. The molecular weight excluding hydrogens is 334 g/mol. The van der Waals surface area contributed by atoms with E-state index in [4.69, 9.17) is 4.74 Å². The van der Waals surface area contributed by atoms with E-state index in [1.54, 1.807) is 36.3 Å². The van der Waals surface area contributed by atoms with Crippen LogP contribution in [0.2, 0.25) is 0 Å². The second kappa shape index (κ2) is 7.48. The normalized spacial score (nSPS) is 19.5. The number of Topliss-reactive ketones (excluding diaryl/α,β-unsaturated/α-hetero) is 1. The van der Waals surface area contributed by atoms with E-state index in [-0.39, 0.29) is 24.0 Å². The van der Waals surface area contributed by atoms with Gasteiger partial charge in [-0.15, -0.1) is 0 Å². The number of hydrogen-bond acceptors (Lipinski definition) is 4. The molecule has 140 valence electrons. The van der Waals surface area contributed by atoms with E-state index >= 15 is 0 Å². The van der Waals surface area contributed by atoms with Gasteiger partial charge in [0.2, 0.25) is 5.91 Å². The molecule has 0 aromatic heterocycles. The molecule has 1 aromatic carbocycles. The Bertz CT molecular complexity index is 685. The van der Waals surface area contributed by atoms with Crippen molar-refractivity contribution in [1.29, 1.82) is 0 Å². The Morgan fingerprint density at radius 2 is 1.77 bits per heavy atom. The van der Waals surface area contributed by atoms with Crippen LogP contribution in [0.1, 0.15) is 48.9 Å². The van der Waals surface area contributed by atoms with Gasteiger partial charge >= 0.3 is 5.97 Å². The maximum Gasteiger partial charge on any atom is 0.310 e. The number of nitrogens with zero attached hydrogens (tertiary/aromatic N) is 1. The molecule has 1 heterocycles. The van der Waals surface area contributed by atoms with Crippen molar-refractivity contribution in [2.45, 2.75) is 38.5 Å². The molecule has 3 rings (SSSR count). The van der Waals surface area contributed by atoms with Crippen LogP contribution in [0.15, 0.2) is 24.3 Å². The van der Waals surface area contributed by atoms with Crippen molar-refractivity contribution < 1.29 is 24.2 Å².